The van der Waals surface area contributed by atoms with Crippen LogP contribution in [0.3, 0.4) is 0 Å². The maximum absolute atomic E-state index is 14.7. The SMILES string of the molecule is CNCc1ccccc1CN(CC(=O)Nc1ccc2c(c1)C[C@@]1(C2)C(=O)Nc2ncccc21)C(=O)C12CC3CC4CC(C1)C42C3. The number of carbonyl (C=O) groups excluding carboxylic acids is 3. The van der Waals surface area contributed by atoms with Crippen LogP contribution in [0.1, 0.15) is 59.9 Å². The van der Waals surface area contributed by atoms with Crippen molar-refractivity contribution in [2.75, 3.05) is 24.2 Å². The molecule has 5 unspecified atom stereocenters. The number of rotatable bonds is 8. The fraction of sp³-hybridized carbons (Fsp3) is 0.459. The quantitative estimate of drug-likeness (QED) is 0.351. The fourth-order valence-electron chi connectivity index (χ4n) is 11.1. The number of fused-ring (bicyclic) bond motifs is 4. The van der Waals surface area contributed by atoms with Crippen molar-refractivity contribution < 1.29 is 14.4 Å². The van der Waals surface area contributed by atoms with E-state index >= 15 is 0 Å². The number of hydrogen-bond acceptors (Lipinski definition) is 5. The van der Waals surface area contributed by atoms with Gasteiger partial charge in [-0.05, 0) is 116 Å². The van der Waals surface area contributed by atoms with Crippen LogP contribution in [-0.2, 0) is 45.7 Å². The van der Waals surface area contributed by atoms with Crippen molar-refractivity contribution in [1.82, 2.24) is 15.2 Å². The van der Waals surface area contributed by atoms with Gasteiger partial charge in [-0.1, -0.05) is 36.4 Å². The minimum Gasteiger partial charge on any atom is -0.329 e. The second-order valence-electron chi connectivity index (χ2n) is 14.7. The van der Waals surface area contributed by atoms with Crippen molar-refractivity contribution in [3.8, 4) is 0 Å². The number of pyridine rings is 1. The number of carbonyl (C=O) groups is 3. The van der Waals surface area contributed by atoms with E-state index in [4.69, 9.17) is 0 Å². The summed E-state index contributed by atoms with van der Waals surface area (Å²) in [6.45, 7) is 1.16. The summed E-state index contributed by atoms with van der Waals surface area (Å²) in [7, 11) is 1.93. The van der Waals surface area contributed by atoms with Crippen LogP contribution in [0, 0.1) is 28.6 Å². The van der Waals surface area contributed by atoms with Gasteiger partial charge >= 0.3 is 0 Å². The first-order valence-corrected chi connectivity index (χ1v) is 16.5. The molecule has 1 aliphatic heterocycles. The Morgan fingerprint density at radius 1 is 0.978 bits per heavy atom. The summed E-state index contributed by atoms with van der Waals surface area (Å²) in [6.07, 6.45) is 8.66. The number of anilines is 2. The molecule has 1 aromatic heterocycles. The Morgan fingerprint density at radius 3 is 2.64 bits per heavy atom. The van der Waals surface area contributed by atoms with Crippen molar-refractivity contribution >= 4 is 29.2 Å². The van der Waals surface area contributed by atoms with Crippen LogP contribution in [-0.4, -0.2) is 41.2 Å². The van der Waals surface area contributed by atoms with Gasteiger partial charge in [-0.25, -0.2) is 4.98 Å². The Hall–Kier alpha value is -4.04. The number of nitrogens with zero attached hydrogens (tertiary/aromatic N) is 2. The first-order chi connectivity index (χ1) is 21.8. The van der Waals surface area contributed by atoms with E-state index in [9.17, 15) is 14.4 Å². The van der Waals surface area contributed by atoms with Crippen molar-refractivity contribution in [1.29, 1.82) is 0 Å². The van der Waals surface area contributed by atoms with Gasteiger partial charge in [0.2, 0.25) is 17.7 Å². The van der Waals surface area contributed by atoms with E-state index in [0.29, 0.717) is 55.2 Å². The Bertz CT molecular complexity index is 1790. The van der Waals surface area contributed by atoms with E-state index in [0.717, 1.165) is 40.7 Å². The van der Waals surface area contributed by atoms with Crippen LogP contribution in [0.4, 0.5) is 11.5 Å². The summed E-state index contributed by atoms with van der Waals surface area (Å²) >= 11 is 0. The lowest BCUT2D eigenvalue weighted by atomic mass is 9.31. The molecule has 8 heteroatoms. The lowest BCUT2D eigenvalue weighted by Crippen LogP contribution is -2.71. The minimum atomic E-state index is -0.655. The number of nitrogens with one attached hydrogen (secondary N) is 3. The van der Waals surface area contributed by atoms with Crippen LogP contribution in [0.2, 0.25) is 0 Å². The van der Waals surface area contributed by atoms with Gasteiger partial charge in [0, 0.05) is 30.5 Å². The average molecular weight is 602 g/mol. The van der Waals surface area contributed by atoms with Gasteiger partial charge in [0.05, 0.1) is 10.8 Å². The summed E-state index contributed by atoms with van der Waals surface area (Å²) < 4.78 is 0. The third kappa shape index (κ3) is 3.63. The lowest BCUT2D eigenvalue weighted by molar-refractivity contribution is -0.243. The molecule has 9 rings (SSSR count). The average Bonchev–Trinajstić information content (AvgIpc) is 3.73. The highest BCUT2D eigenvalue weighted by molar-refractivity contribution is 6.06. The monoisotopic (exact) mass is 601 g/mol. The topological polar surface area (TPSA) is 103 Å². The van der Waals surface area contributed by atoms with E-state index < -0.39 is 5.41 Å². The Morgan fingerprint density at radius 2 is 1.82 bits per heavy atom. The number of hydrogen-bond donors (Lipinski definition) is 3. The highest BCUT2D eigenvalue weighted by Gasteiger charge is 2.83. The predicted octanol–water partition coefficient (Wildman–Crippen LogP) is 4.58. The second-order valence-corrected chi connectivity index (χ2v) is 14.7. The highest BCUT2D eigenvalue weighted by Crippen LogP contribution is 2.86. The fourth-order valence-corrected chi connectivity index (χ4v) is 11.1. The van der Waals surface area contributed by atoms with Crippen LogP contribution >= 0.6 is 0 Å². The summed E-state index contributed by atoms with van der Waals surface area (Å²) in [6, 6.07) is 18.0. The molecule has 3 aromatic rings. The molecule has 2 heterocycles. The van der Waals surface area contributed by atoms with Crippen molar-refractivity contribution in [2.45, 2.75) is 63.5 Å². The molecule has 5 aliphatic carbocycles. The lowest BCUT2D eigenvalue weighted by Gasteiger charge is -2.72. The van der Waals surface area contributed by atoms with Gasteiger partial charge in [0.15, 0.2) is 0 Å². The van der Waals surface area contributed by atoms with Gasteiger partial charge in [-0.3, -0.25) is 14.4 Å². The molecule has 4 fully saturated rings. The summed E-state index contributed by atoms with van der Waals surface area (Å²) in [4.78, 5) is 47.8. The van der Waals surface area contributed by atoms with Gasteiger partial charge in [0.1, 0.15) is 12.4 Å². The zero-order chi connectivity index (χ0) is 30.6. The Kier molecular flexibility index (Phi) is 5.75. The third-order valence-electron chi connectivity index (χ3n) is 12.7. The molecular weight excluding hydrogens is 562 g/mol. The van der Waals surface area contributed by atoms with E-state index in [1.54, 1.807) is 6.20 Å². The van der Waals surface area contributed by atoms with Crippen LogP contribution in [0.25, 0.3) is 0 Å². The minimum absolute atomic E-state index is 0.0166. The molecule has 4 saturated carbocycles. The molecule has 0 saturated heterocycles. The normalized spacial score (nSPS) is 32.3. The molecule has 6 atom stereocenters. The molecule has 2 spiro atoms. The molecule has 45 heavy (non-hydrogen) atoms. The van der Waals surface area contributed by atoms with E-state index in [2.05, 4.69) is 33.1 Å². The molecule has 6 aliphatic rings. The zero-order valence-corrected chi connectivity index (χ0v) is 25.7. The molecule has 8 nitrogen and oxygen atoms in total. The molecule has 2 aromatic carbocycles. The molecular formula is C37H39N5O3. The third-order valence-corrected chi connectivity index (χ3v) is 12.7. The summed E-state index contributed by atoms with van der Waals surface area (Å²) in [5, 5.41) is 9.33. The van der Waals surface area contributed by atoms with Crippen molar-refractivity contribution in [3.05, 3.63) is 88.6 Å². The van der Waals surface area contributed by atoms with Crippen LogP contribution < -0.4 is 16.0 Å². The largest absolute Gasteiger partial charge is 0.329 e. The van der Waals surface area contributed by atoms with E-state index in [1.165, 1.54) is 19.3 Å². The summed E-state index contributed by atoms with van der Waals surface area (Å²) in [5.74, 6) is 2.70. The molecule has 3 N–H and O–H groups in total. The van der Waals surface area contributed by atoms with Gasteiger partial charge < -0.3 is 20.9 Å². The highest BCUT2D eigenvalue weighted by atomic mass is 16.2. The zero-order valence-electron chi connectivity index (χ0n) is 25.7. The van der Waals surface area contributed by atoms with Crippen molar-refractivity contribution in [2.24, 2.45) is 28.6 Å². The first kappa shape index (κ1) is 27.3. The number of amides is 3. The Balaban J connectivity index is 0.968. The maximum Gasteiger partial charge on any atom is 0.244 e. The number of aromatic nitrogens is 1. The van der Waals surface area contributed by atoms with Crippen molar-refractivity contribution in [3.63, 3.8) is 0 Å². The molecule has 2 bridgehead atoms. The standard InChI is InChI=1S/C37H39N5O3/c1-38-19-24-5-2-3-6-25(24)20-42(34(45)36-14-22-11-27-13-28(18-36)37(27,36)15-22)21-31(43)40-29-9-8-23-16-35(17-26(23)12-29)30-7-4-10-39-32(30)41-33(35)44/h2-10,12,22,27-28,38H,11,13-21H2,1H3,(H,40,43)(H,39,41,44)/t22?,27?,28?,35-,36?,37?/m1/s1. The van der Waals surface area contributed by atoms with Gasteiger partial charge in [-0.15, -0.1) is 0 Å². The predicted molar refractivity (Wildman–Crippen MR) is 170 cm³/mol. The molecule has 0 radical (unpaired) electrons. The van der Waals surface area contributed by atoms with Gasteiger partial charge in [-0.2, -0.15) is 0 Å². The first-order valence-electron chi connectivity index (χ1n) is 16.5. The van der Waals surface area contributed by atoms with Gasteiger partial charge in [0.25, 0.3) is 0 Å². The molecule has 3 amide bonds. The number of benzene rings is 2. The Labute approximate surface area is 263 Å². The maximum atomic E-state index is 14.7. The van der Waals surface area contributed by atoms with Crippen LogP contribution in [0.5, 0.6) is 0 Å². The van der Waals surface area contributed by atoms with E-state index in [1.807, 2.05) is 54.4 Å². The summed E-state index contributed by atoms with van der Waals surface area (Å²) in [5.41, 5.74) is 5.30. The van der Waals surface area contributed by atoms with E-state index in [-0.39, 0.29) is 35.1 Å². The van der Waals surface area contributed by atoms with Crippen LogP contribution in [0.15, 0.2) is 60.8 Å². The smallest absolute Gasteiger partial charge is 0.244 e. The second kappa shape index (κ2) is 9.49. The molecule has 230 valence electrons.